The molecule has 0 spiro atoms. The van der Waals surface area contributed by atoms with E-state index in [2.05, 4.69) is 5.32 Å². The summed E-state index contributed by atoms with van der Waals surface area (Å²) < 4.78 is 26.3. The van der Waals surface area contributed by atoms with Crippen molar-refractivity contribution in [3.05, 3.63) is 30.3 Å². The Morgan fingerprint density at radius 3 is 2.45 bits per heavy atom. The fraction of sp³-hybridized carbons (Fsp3) is 0.333. The van der Waals surface area contributed by atoms with Gasteiger partial charge in [0.15, 0.2) is 5.25 Å². The second kappa shape index (κ2) is 5.49. The lowest BCUT2D eigenvalue weighted by Crippen LogP contribution is -2.60. The summed E-state index contributed by atoms with van der Waals surface area (Å²) in [6.07, 6.45) is 0. The molecule has 108 valence electrons. The van der Waals surface area contributed by atoms with Gasteiger partial charge in [0.05, 0.1) is 5.69 Å². The van der Waals surface area contributed by atoms with Crippen molar-refractivity contribution in [3.8, 4) is 0 Å². The van der Waals surface area contributed by atoms with Crippen LogP contribution in [0.5, 0.6) is 0 Å². The van der Waals surface area contributed by atoms with Crippen molar-refractivity contribution >= 4 is 27.6 Å². The summed E-state index contributed by atoms with van der Waals surface area (Å²) in [4.78, 5) is 22.7. The predicted molar refractivity (Wildman–Crippen MR) is 73.7 cm³/mol. The summed E-state index contributed by atoms with van der Waals surface area (Å²) >= 11 is 0. The number of nitrogens with one attached hydrogen (secondary N) is 2. The van der Waals surface area contributed by atoms with Gasteiger partial charge in [0.2, 0.25) is 15.9 Å². The first kappa shape index (κ1) is 14.3. The Morgan fingerprint density at radius 2 is 1.90 bits per heavy atom. The quantitative estimate of drug-likeness (QED) is 0.821. The van der Waals surface area contributed by atoms with Crippen molar-refractivity contribution in [1.82, 2.24) is 10.6 Å². The largest absolute Gasteiger partial charge is 0.336 e. The number of rotatable bonds is 4. The molecule has 1 aromatic carbocycles. The Kier molecular flexibility index (Phi) is 3.93. The predicted octanol–water partition coefficient (Wildman–Crippen LogP) is 0.0507. The zero-order valence-electron chi connectivity index (χ0n) is 10.9. The van der Waals surface area contributed by atoms with E-state index in [0.29, 0.717) is 5.69 Å². The number of benzene rings is 1. The molecule has 1 atom stereocenters. The van der Waals surface area contributed by atoms with Gasteiger partial charge in [0.25, 0.3) is 0 Å². The molecule has 7 nitrogen and oxygen atoms in total. The molecule has 0 radical (unpaired) electrons. The molecule has 2 N–H and O–H groups in total. The van der Waals surface area contributed by atoms with Gasteiger partial charge in [-0.05, 0) is 19.1 Å². The van der Waals surface area contributed by atoms with E-state index in [1.54, 1.807) is 37.3 Å². The van der Waals surface area contributed by atoms with Crippen LogP contribution < -0.4 is 14.9 Å². The summed E-state index contributed by atoms with van der Waals surface area (Å²) in [5.74, 6) is -0.803. The van der Waals surface area contributed by atoms with E-state index in [9.17, 15) is 18.0 Å². The molecule has 0 saturated carbocycles. The van der Waals surface area contributed by atoms with Gasteiger partial charge in [-0.25, -0.2) is 13.2 Å². The molecule has 2 rings (SSSR count). The molecule has 3 amide bonds. The fourth-order valence-electron chi connectivity index (χ4n) is 2.01. The number of para-hydroxylation sites is 1. The normalized spacial score (nSPS) is 19.1. The highest BCUT2D eigenvalue weighted by atomic mass is 32.2. The van der Waals surface area contributed by atoms with Crippen molar-refractivity contribution in [2.45, 2.75) is 12.2 Å². The molecule has 1 heterocycles. The molecule has 1 aliphatic heterocycles. The summed E-state index contributed by atoms with van der Waals surface area (Å²) in [6, 6.07) is 7.84. The third kappa shape index (κ3) is 2.60. The molecule has 1 aromatic rings. The summed E-state index contributed by atoms with van der Waals surface area (Å²) in [5.41, 5.74) is 0.486. The average Bonchev–Trinajstić information content (AvgIpc) is 2.40. The van der Waals surface area contributed by atoms with Crippen LogP contribution in [0.15, 0.2) is 30.3 Å². The second-order valence-electron chi connectivity index (χ2n) is 4.23. The van der Waals surface area contributed by atoms with Crippen LogP contribution in [0.1, 0.15) is 6.92 Å². The van der Waals surface area contributed by atoms with E-state index in [1.165, 1.54) is 0 Å². The van der Waals surface area contributed by atoms with Crippen molar-refractivity contribution in [3.63, 3.8) is 0 Å². The van der Waals surface area contributed by atoms with Gasteiger partial charge in [-0.1, -0.05) is 18.2 Å². The highest BCUT2D eigenvalue weighted by Crippen LogP contribution is 2.20. The minimum atomic E-state index is -3.89. The topological polar surface area (TPSA) is 95.6 Å². The smallest absolute Gasteiger partial charge is 0.321 e. The number of hydrogen-bond acceptors (Lipinski definition) is 4. The van der Waals surface area contributed by atoms with Gasteiger partial charge < -0.3 is 5.32 Å². The van der Waals surface area contributed by atoms with E-state index in [4.69, 9.17) is 0 Å². The highest BCUT2D eigenvalue weighted by molar-refractivity contribution is 7.94. The minimum Gasteiger partial charge on any atom is -0.336 e. The monoisotopic (exact) mass is 297 g/mol. The lowest BCUT2D eigenvalue weighted by molar-refractivity contribution is -0.120. The van der Waals surface area contributed by atoms with Gasteiger partial charge in [0.1, 0.15) is 0 Å². The Bertz CT molecular complexity index is 615. The van der Waals surface area contributed by atoms with Gasteiger partial charge in [-0.15, -0.1) is 0 Å². The van der Waals surface area contributed by atoms with Crippen LogP contribution in [0, 0.1) is 0 Å². The Labute approximate surface area is 117 Å². The SMILES string of the molecule is CCN(c1ccccc1)S(=O)(=O)C1CNC(=O)NC1=O. The van der Waals surface area contributed by atoms with E-state index >= 15 is 0 Å². The Balaban J connectivity index is 2.33. The number of carbonyl (C=O) groups excluding carboxylic acids is 2. The number of sulfonamides is 1. The van der Waals surface area contributed by atoms with E-state index in [1.807, 2.05) is 5.32 Å². The molecule has 1 saturated heterocycles. The van der Waals surface area contributed by atoms with Crippen LogP contribution in [-0.2, 0) is 14.8 Å². The first-order chi connectivity index (χ1) is 9.46. The Morgan fingerprint density at radius 1 is 1.25 bits per heavy atom. The van der Waals surface area contributed by atoms with Crippen molar-refractivity contribution in [1.29, 1.82) is 0 Å². The first-order valence-electron chi connectivity index (χ1n) is 6.12. The number of hydrogen-bond donors (Lipinski definition) is 2. The van der Waals surface area contributed by atoms with Crippen molar-refractivity contribution in [2.75, 3.05) is 17.4 Å². The molecular formula is C12H15N3O4S. The average molecular weight is 297 g/mol. The molecule has 0 bridgehead atoms. The molecule has 1 aliphatic rings. The van der Waals surface area contributed by atoms with Gasteiger partial charge in [0, 0.05) is 13.1 Å². The number of amides is 3. The summed E-state index contributed by atoms with van der Waals surface area (Å²) in [6.45, 7) is 1.66. The maximum absolute atomic E-state index is 12.5. The van der Waals surface area contributed by atoms with Crippen LogP contribution >= 0.6 is 0 Å². The van der Waals surface area contributed by atoms with Crippen LogP contribution in [0.2, 0.25) is 0 Å². The zero-order valence-corrected chi connectivity index (χ0v) is 11.7. The van der Waals surface area contributed by atoms with Crippen LogP contribution in [0.4, 0.5) is 10.5 Å². The number of urea groups is 1. The summed E-state index contributed by atoms with van der Waals surface area (Å²) in [7, 11) is -3.89. The lowest BCUT2D eigenvalue weighted by Gasteiger charge is -2.29. The third-order valence-electron chi connectivity index (χ3n) is 2.98. The zero-order chi connectivity index (χ0) is 14.8. The lowest BCUT2D eigenvalue weighted by atomic mass is 10.3. The number of anilines is 1. The third-order valence-corrected chi connectivity index (χ3v) is 5.16. The second-order valence-corrected chi connectivity index (χ2v) is 6.27. The highest BCUT2D eigenvalue weighted by Gasteiger charge is 2.40. The van der Waals surface area contributed by atoms with E-state index in [-0.39, 0.29) is 13.1 Å². The molecule has 1 unspecified atom stereocenters. The van der Waals surface area contributed by atoms with Crippen LogP contribution in [-0.4, -0.2) is 38.7 Å². The molecule has 0 aromatic heterocycles. The molecule has 1 fully saturated rings. The molecule has 0 aliphatic carbocycles. The number of carbonyl (C=O) groups is 2. The molecule has 8 heteroatoms. The number of nitrogens with zero attached hydrogens (tertiary/aromatic N) is 1. The number of imide groups is 1. The minimum absolute atomic E-state index is 0.198. The fourth-order valence-corrected chi connectivity index (χ4v) is 3.72. The van der Waals surface area contributed by atoms with E-state index < -0.39 is 27.2 Å². The van der Waals surface area contributed by atoms with E-state index in [0.717, 1.165) is 4.31 Å². The van der Waals surface area contributed by atoms with Crippen LogP contribution in [0.25, 0.3) is 0 Å². The van der Waals surface area contributed by atoms with Gasteiger partial charge in [-0.2, -0.15) is 0 Å². The summed E-state index contributed by atoms with van der Waals surface area (Å²) in [5, 5.41) is 2.97. The maximum Gasteiger partial charge on any atom is 0.321 e. The first-order valence-corrected chi connectivity index (χ1v) is 7.62. The standard InChI is InChI=1S/C12H15N3O4S/c1-2-15(9-6-4-3-5-7-9)20(18,19)10-8-13-12(17)14-11(10)16/h3-7,10H,2,8H2,1H3,(H2,13,14,16,17). The van der Waals surface area contributed by atoms with Crippen molar-refractivity contribution in [2.24, 2.45) is 0 Å². The molecule has 20 heavy (non-hydrogen) atoms. The Hall–Kier alpha value is -2.09. The van der Waals surface area contributed by atoms with Crippen molar-refractivity contribution < 1.29 is 18.0 Å². The van der Waals surface area contributed by atoms with Gasteiger partial charge in [-0.3, -0.25) is 14.4 Å². The van der Waals surface area contributed by atoms with Crippen LogP contribution in [0.3, 0.4) is 0 Å². The van der Waals surface area contributed by atoms with Gasteiger partial charge >= 0.3 is 6.03 Å². The maximum atomic E-state index is 12.5. The molecular weight excluding hydrogens is 282 g/mol.